The molecule has 0 spiro atoms. The third-order valence-electron chi connectivity index (χ3n) is 2.12. The van der Waals surface area contributed by atoms with Gasteiger partial charge in [0.1, 0.15) is 11.6 Å². The number of hydrogen-bond acceptors (Lipinski definition) is 2. The van der Waals surface area contributed by atoms with Crippen molar-refractivity contribution in [1.82, 2.24) is 4.98 Å². The summed E-state index contributed by atoms with van der Waals surface area (Å²) in [6, 6.07) is 7.52. The van der Waals surface area contributed by atoms with Crippen molar-refractivity contribution in [2.24, 2.45) is 5.73 Å². The Labute approximate surface area is 81.2 Å². The van der Waals surface area contributed by atoms with E-state index in [-0.39, 0.29) is 5.84 Å². The first-order chi connectivity index (χ1) is 6.70. The molecule has 4 nitrogen and oxygen atoms in total. The molecule has 0 aliphatic carbocycles. The number of nitrogen functional groups attached to an aromatic ring is 1. The lowest BCUT2D eigenvalue weighted by Crippen LogP contribution is -2.10. The van der Waals surface area contributed by atoms with Crippen molar-refractivity contribution in [3.05, 3.63) is 30.0 Å². The highest BCUT2D eigenvalue weighted by molar-refractivity contribution is 5.98. The van der Waals surface area contributed by atoms with Crippen LogP contribution in [-0.4, -0.2) is 17.9 Å². The zero-order valence-electron chi connectivity index (χ0n) is 7.79. The van der Waals surface area contributed by atoms with Gasteiger partial charge in [0, 0.05) is 17.0 Å². The van der Waals surface area contributed by atoms with Gasteiger partial charge in [0.15, 0.2) is 0 Å². The summed E-state index contributed by atoms with van der Waals surface area (Å²) in [6.07, 6.45) is 0. The summed E-state index contributed by atoms with van der Waals surface area (Å²) in [5.41, 5.74) is 6.93. The van der Waals surface area contributed by atoms with Crippen LogP contribution in [0.2, 0.25) is 0 Å². The number of aromatic amines is 1. The molecule has 0 unspecified atom stereocenters. The molecule has 0 amide bonds. The Hall–Kier alpha value is -1.97. The molecule has 1 aromatic carbocycles. The SMILES string of the molecule is COc1ccc2cc(C(=N)N)[nH]c2c1. The lowest BCUT2D eigenvalue weighted by molar-refractivity contribution is 0.415. The van der Waals surface area contributed by atoms with Crippen LogP contribution in [0.4, 0.5) is 0 Å². The smallest absolute Gasteiger partial charge is 0.139 e. The van der Waals surface area contributed by atoms with Gasteiger partial charge in [-0.3, -0.25) is 5.41 Å². The van der Waals surface area contributed by atoms with Crippen molar-refractivity contribution in [1.29, 1.82) is 5.41 Å². The average molecular weight is 189 g/mol. The van der Waals surface area contributed by atoms with Crippen LogP contribution in [0.25, 0.3) is 10.9 Å². The summed E-state index contributed by atoms with van der Waals surface area (Å²) in [5, 5.41) is 8.31. The molecule has 0 saturated heterocycles. The summed E-state index contributed by atoms with van der Waals surface area (Å²) in [6.45, 7) is 0. The number of H-pyrrole nitrogens is 1. The fourth-order valence-electron chi connectivity index (χ4n) is 1.38. The van der Waals surface area contributed by atoms with Crippen molar-refractivity contribution in [2.75, 3.05) is 7.11 Å². The van der Waals surface area contributed by atoms with Gasteiger partial charge in [-0.15, -0.1) is 0 Å². The maximum absolute atomic E-state index is 7.28. The average Bonchev–Trinajstić information content (AvgIpc) is 2.59. The Bertz CT molecular complexity index is 487. The second-order valence-electron chi connectivity index (χ2n) is 3.05. The van der Waals surface area contributed by atoms with Crippen LogP contribution in [0, 0.1) is 5.41 Å². The number of amidine groups is 1. The van der Waals surface area contributed by atoms with Crippen LogP contribution in [0.15, 0.2) is 24.3 Å². The molecule has 0 aliphatic heterocycles. The minimum Gasteiger partial charge on any atom is -0.497 e. The van der Waals surface area contributed by atoms with Gasteiger partial charge in [0.2, 0.25) is 0 Å². The molecule has 0 saturated carbocycles. The number of ether oxygens (including phenoxy) is 1. The molecule has 0 fully saturated rings. The van der Waals surface area contributed by atoms with E-state index in [1.807, 2.05) is 24.3 Å². The number of methoxy groups -OCH3 is 1. The summed E-state index contributed by atoms with van der Waals surface area (Å²) in [4.78, 5) is 3.04. The first kappa shape index (κ1) is 8.62. The molecule has 0 bridgehead atoms. The molecule has 0 aliphatic rings. The molecule has 0 radical (unpaired) electrons. The highest BCUT2D eigenvalue weighted by Crippen LogP contribution is 2.20. The van der Waals surface area contributed by atoms with Crippen molar-refractivity contribution in [3.8, 4) is 5.75 Å². The maximum Gasteiger partial charge on any atom is 0.139 e. The van der Waals surface area contributed by atoms with Crippen molar-refractivity contribution < 1.29 is 4.74 Å². The Kier molecular flexibility index (Phi) is 1.89. The largest absolute Gasteiger partial charge is 0.497 e. The van der Waals surface area contributed by atoms with Crippen molar-refractivity contribution in [2.45, 2.75) is 0 Å². The number of rotatable bonds is 2. The third kappa shape index (κ3) is 1.31. The van der Waals surface area contributed by atoms with Crippen molar-refractivity contribution >= 4 is 16.7 Å². The van der Waals surface area contributed by atoms with E-state index < -0.39 is 0 Å². The van der Waals surface area contributed by atoms with Crippen molar-refractivity contribution in [3.63, 3.8) is 0 Å². The van der Waals surface area contributed by atoms with Gasteiger partial charge in [0.05, 0.1) is 12.8 Å². The number of nitrogens with two attached hydrogens (primary N) is 1. The highest BCUT2D eigenvalue weighted by Gasteiger charge is 2.03. The van der Waals surface area contributed by atoms with E-state index in [0.717, 1.165) is 16.7 Å². The Morgan fingerprint density at radius 3 is 2.86 bits per heavy atom. The minimum absolute atomic E-state index is 0.0418. The highest BCUT2D eigenvalue weighted by atomic mass is 16.5. The Balaban J connectivity index is 2.60. The molecule has 2 rings (SSSR count). The van der Waals surface area contributed by atoms with Gasteiger partial charge in [-0.1, -0.05) is 0 Å². The monoisotopic (exact) mass is 189 g/mol. The second kappa shape index (κ2) is 3.06. The van der Waals surface area contributed by atoms with E-state index >= 15 is 0 Å². The molecule has 4 N–H and O–H groups in total. The summed E-state index contributed by atoms with van der Waals surface area (Å²) >= 11 is 0. The molecule has 2 aromatic rings. The van der Waals surface area contributed by atoms with Crippen LogP contribution in [-0.2, 0) is 0 Å². The fraction of sp³-hybridized carbons (Fsp3) is 0.100. The predicted octanol–water partition coefficient (Wildman–Crippen LogP) is 1.46. The number of hydrogen-bond donors (Lipinski definition) is 3. The fourth-order valence-corrected chi connectivity index (χ4v) is 1.38. The lowest BCUT2D eigenvalue weighted by Gasteiger charge is -1.97. The molecule has 1 heterocycles. The molecule has 4 heteroatoms. The van der Waals surface area contributed by atoms with E-state index in [2.05, 4.69) is 4.98 Å². The topological polar surface area (TPSA) is 74.9 Å². The number of benzene rings is 1. The lowest BCUT2D eigenvalue weighted by atomic mass is 10.2. The quantitative estimate of drug-likeness (QED) is 0.494. The first-order valence-corrected chi connectivity index (χ1v) is 4.22. The number of aromatic nitrogens is 1. The van der Waals surface area contributed by atoms with Gasteiger partial charge in [-0.25, -0.2) is 0 Å². The van der Waals surface area contributed by atoms with E-state index in [0.29, 0.717) is 5.69 Å². The van der Waals surface area contributed by atoms with Gasteiger partial charge in [-0.2, -0.15) is 0 Å². The summed E-state index contributed by atoms with van der Waals surface area (Å²) in [5.74, 6) is 0.828. The van der Waals surface area contributed by atoms with Crippen LogP contribution >= 0.6 is 0 Å². The molecular weight excluding hydrogens is 178 g/mol. The van der Waals surface area contributed by atoms with Crippen LogP contribution in [0.3, 0.4) is 0 Å². The predicted molar refractivity (Wildman–Crippen MR) is 55.9 cm³/mol. The van der Waals surface area contributed by atoms with E-state index in [1.165, 1.54) is 0 Å². The number of nitrogens with one attached hydrogen (secondary N) is 2. The molecular formula is C10H11N3O. The molecule has 0 atom stereocenters. The standard InChI is InChI=1S/C10H11N3O/c1-14-7-3-2-6-4-9(10(11)12)13-8(6)5-7/h2-5,13H,1H3,(H3,11,12). The molecule has 1 aromatic heterocycles. The minimum atomic E-state index is 0.0418. The van der Waals surface area contributed by atoms with E-state index in [1.54, 1.807) is 7.11 Å². The zero-order valence-corrected chi connectivity index (χ0v) is 7.79. The normalized spacial score (nSPS) is 10.4. The van der Waals surface area contributed by atoms with Gasteiger partial charge in [-0.05, 0) is 18.2 Å². The van der Waals surface area contributed by atoms with Crippen LogP contribution in [0.1, 0.15) is 5.69 Å². The third-order valence-corrected chi connectivity index (χ3v) is 2.12. The zero-order chi connectivity index (χ0) is 10.1. The molecule has 14 heavy (non-hydrogen) atoms. The Morgan fingerprint density at radius 1 is 1.43 bits per heavy atom. The molecule has 72 valence electrons. The van der Waals surface area contributed by atoms with E-state index in [9.17, 15) is 0 Å². The van der Waals surface area contributed by atoms with Crippen LogP contribution < -0.4 is 10.5 Å². The van der Waals surface area contributed by atoms with E-state index in [4.69, 9.17) is 15.9 Å². The second-order valence-corrected chi connectivity index (χ2v) is 3.05. The van der Waals surface area contributed by atoms with Gasteiger partial charge in [0.25, 0.3) is 0 Å². The summed E-state index contributed by atoms with van der Waals surface area (Å²) in [7, 11) is 1.62. The van der Waals surface area contributed by atoms with Gasteiger partial charge < -0.3 is 15.5 Å². The first-order valence-electron chi connectivity index (χ1n) is 4.22. The van der Waals surface area contributed by atoms with Gasteiger partial charge >= 0.3 is 0 Å². The maximum atomic E-state index is 7.28. The summed E-state index contributed by atoms with van der Waals surface area (Å²) < 4.78 is 5.09. The Morgan fingerprint density at radius 2 is 2.21 bits per heavy atom. The number of fused-ring (bicyclic) bond motifs is 1. The van der Waals surface area contributed by atoms with Crippen LogP contribution in [0.5, 0.6) is 5.75 Å².